The predicted octanol–water partition coefficient (Wildman–Crippen LogP) is 4.96. The molecule has 0 atom stereocenters. The van der Waals surface area contributed by atoms with Gasteiger partial charge in [-0.1, -0.05) is 23.2 Å². The lowest BCUT2D eigenvalue weighted by atomic mass is 10.1. The fraction of sp³-hybridized carbons (Fsp3) is 0.188. The highest BCUT2D eigenvalue weighted by atomic mass is 35.5. The van der Waals surface area contributed by atoms with E-state index in [-0.39, 0.29) is 33.6 Å². The first-order valence-electron chi connectivity index (χ1n) is 7.58. The van der Waals surface area contributed by atoms with Crippen molar-refractivity contribution in [2.75, 3.05) is 16.6 Å². The van der Waals surface area contributed by atoms with Crippen LogP contribution in [0.15, 0.2) is 36.4 Å². The minimum atomic E-state index is -4.59. The Bertz CT molecular complexity index is 998. The van der Waals surface area contributed by atoms with E-state index in [0.717, 1.165) is 12.1 Å². The van der Waals surface area contributed by atoms with Crippen LogP contribution in [-0.2, 0) is 20.7 Å². The number of alkyl halides is 3. The highest BCUT2D eigenvalue weighted by Gasteiger charge is 2.31. The summed E-state index contributed by atoms with van der Waals surface area (Å²) in [6.07, 6.45) is -4.59. The van der Waals surface area contributed by atoms with Crippen LogP contribution in [-0.4, -0.2) is 20.9 Å². The summed E-state index contributed by atoms with van der Waals surface area (Å²) >= 11 is 11.7. The summed E-state index contributed by atoms with van der Waals surface area (Å²) in [5, 5.41) is 2.10. The maximum Gasteiger partial charge on any atom is 0.416 e. The fourth-order valence-electron chi connectivity index (χ4n) is 2.10. The van der Waals surface area contributed by atoms with Gasteiger partial charge in [-0.2, -0.15) is 21.6 Å². The third kappa shape index (κ3) is 5.74. The smallest absolute Gasteiger partial charge is 0.321 e. The van der Waals surface area contributed by atoms with Gasteiger partial charge in [-0.25, -0.2) is 0 Å². The predicted molar refractivity (Wildman–Crippen MR) is 100 cm³/mol. The van der Waals surface area contributed by atoms with Crippen LogP contribution in [0.2, 0.25) is 10.0 Å². The highest BCUT2D eigenvalue weighted by molar-refractivity contribution is 7.88. The molecule has 0 aliphatic heterocycles. The van der Waals surface area contributed by atoms with Crippen LogP contribution in [0.25, 0.3) is 0 Å². The molecule has 0 aliphatic carbocycles. The Kier molecular flexibility index (Phi) is 6.81. The Hall–Kier alpha value is -2.01. The molecule has 0 saturated carbocycles. The van der Waals surface area contributed by atoms with Gasteiger partial charge in [-0.3, -0.25) is 13.7 Å². The summed E-state index contributed by atoms with van der Waals surface area (Å²) in [5.41, 5.74) is -1.41. The fourth-order valence-corrected chi connectivity index (χ4v) is 3.31. The molecule has 2 N–H and O–H groups in total. The van der Waals surface area contributed by atoms with Crippen LogP contribution in [0.5, 0.6) is 0 Å². The molecule has 0 saturated heterocycles. The Morgan fingerprint density at radius 2 is 1.75 bits per heavy atom. The molecule has 12 heteroatoms. The number of benzene rings is 2. The Labute approximate surface area is 168 Å². The summed E-state index contributed by atoms with van der Waals surface area (Å²) in [5.74, 6) is -0.849. The van der Waals surface area contributed by atoms with Gasteiger partial charge >= 0.3 is 16.5 Å². The molecule has 1 amide bonds. The van der Waals surface area contributed by atoms with E-state index in [1.807, 2.05) is 0 Å². The molecule has 0 unspecified atom stereocenters. The quantitative estimate of drug-likeness (QED) is 0.643. The van der Waals surface area contributed by atoms with E-state index < -0.39 is 28.0 Å². The van der Waals surface area contributed by atoms with E-state index in [4.69, 9.17) is 23.2 Å². The van der Waals surface area contributed by atoms with Crippen molar-refractivity contribution in [2.24, 2.45) is 0 Å². The number of rotatable bonds is 6. The first-order chi connectivity index (χ1) is 12.9. The molecule has 0 aromatic heterocycles. The largest absolute Gasteiger partial charge is 0.416 e. The molecule has 0 aliphatic rings. The second-order valence-corrected chi connectivity index (χ2v) is 7.49. The molecule has 0 radical (unpaired) electrons. The van der Waals surface area contributed by atoms with Gasteiger partial charge in [0.25, 0.3) is 5.91 Å². The van der Waals surface area contributed by atoms with Gasteiger partial charge in [0.2, 0.25) is 0 Å². The van der Waals surface area contributed by atoms with Crippen molar-refractivity contribution in [1.82, 2.24) is 0 Å². The second-order valence-electron chi connectivity index (χ2n) is 5.30. The third-order valence-electron chi connectivity index (χ3n) is 3.28. The van der Waals surface area contributed by atoms with Gasteiger partial charge < -0.3 is 5.32 Å². The van der Waals surface area contributed by atoms with Gasteiger partial charge in [0, 0.05) is 5.02 Å². The van der Waals surface area contributed by atoms with Crippen molar-refractivity contribution >= 4 is 50.8 Å². The van der Waals surface area contributed by atoms with Gasteiger partial charge in [0.15, 0.2) is 0 Å². The maximum absolute atomic E-state index is 12.7. The van der Waals surface area contributed by atoms with E-state index in [1.165, 1.54) is 25.1 Å². The third-order valence-corrected chi connectivity index (χ3v) is 4.84. The summed E-state index contributed by atoms with van der Waals surface area (Å²) in [6, 6.07) is 6.15. The summed E-state index contributed by atoms with van der Waals surface area (Å²) in [7, 11) is -4.18. The molecular formula is C16H13Cl2F3N2O4S. The topological polar surface area (TPSA) is 84.5 Å². The normalized spacial score (nSPS) is 11.9. The van der Waals surface area contributed by atoms with Crippen molar-refractivity contribution in [3.8, 4) is 0 Å². The van der Waals surface area contributed by atoms with Crippen molar-refractivity contribution < 1.29 is 30.6 Å². The lowest BCUT2D eigenvalue weighted by molar-refractivity contribution is -0.137. The zero-order valence-electron chi connectivity index (χ0n) is 14.1. The summed E-state index contributed by atoms with van der Waals surface area (Å²) in [4.78, 5) is 12.5. The molecule has 0 bridgehead atoms. The van der Waals surface area contributed by atoms with Crippen LogP contribution < -0.4 is 10.0 Å². The number of hydrogen-bond acceptors (Lipinski definition) is 4. The summed E-state index contributed by atoms with van der Waals surface area (Å²) in [6.45, 7) is 1.33. The van der Waals surface area contributed by atoms with Gasteiger partial charge in [-0.15, -0.1) is 0 Å². The van der Waals surface area contributed by atoms with Crippen LogP contribution in [0.3, 0.4) is 0 Å². The lowest BCUT2D eigenvalue weighted by Gasteiger charge is -2.14. The zero-order chi connectivity index (χ0) is 21.1. The Morgan fingerprint density at radius 1 is 1.11 bits per heavy atom. The molecule has 0 spiro atoms. The average molecular weight is 457 g/mol. The molecule has 2 rings (SSSR count). The maximum atomic E-state index is 12.7. The van der Waals surface area contributed by atoms with Crippen molar-refractivity contribution in [3.63, 3.8) is 0 Å². The molecule has 2 aromatic carbocycles. The van der Waals surface area contributed by atoms with Crippen LogP contribution in [0.1, 0.15) is 22.8 Å². The molecular weight excluding hydrogens is 444 g/mol. The average Bonchev–Trinajstić information content (AvgIpc) is 2.57. The number of hydrogen-bond donors (Lipinski definition) is 2. The van der Waals surface area contributed by atoms with E-state index >= 15 is 0 Å². The number of nitrogens with one attached hydrogen (secondary N) is 2. The van der Waals surface area contributed by atoms with Gasteiger partial charge in [0.05, 0.1) is 34.1 Å². The first kappa shape index (κ1) is 22.3. The molecule has 0 fully saturated rings. The first-order valence-corrected chi connectivity index (χ1v) is 9.74. The minimum Gasteiger partial charge on any atom is -0.321 e. The van der Waals surface area contributed by atoms with E-state index in [2.05, 4.69) is 14.2 Å². The number of carbonyl (C=O) groups is 1. The van der Waals surface area contributed by atoms with E-state index in [1.54, 1.807) is 0 Å². The lowest BCUT2D eigenvalue weighted by Crippen LogP contribution is -2.20. The van der Waals surface area contributed by atoms with Crippen LogP contribution in [0, 0.1) is 0 Å². The molecule has 28 heavy (non-hydrogen) atoms. The van der Waals surface area contributed by atoms with Gasteiger partial charge in [0.1, 0.15) is 0 Å². The Balaban J connectivity index is 2.33. The molecule has 6 nitrogen and oxygen atoms in total. The number of halogens is 5. The van der Waals surface area contributed by atoms with Crippen molar-refractivity contribution in [2.45, 2.75) is 13.1 Å². The van der Waals surface area contributed by atoms with Crippen LogP contribution >= 0.6 is 23.2 Å². The zero-order valence-corrected chi connectivity index (χ0v) is 16.4. The molecule has 2 aromatic rings. The number of amides is 1. The van der Waals surface area contributed by atoms with Crippen molar-refractivity contribution in [3.05, 3.63) is 57.6 Å². The number of carbonyl (C=O) groups excluding carboxylic acids is 1. The van der Waals surface area contributed by atoms with Crippen LogP contribution in [0.4, 0.5) is 24.5 Å². The SMILES string of the molecule is CCOS(=O)(=O)Nc1ccc(Cl)cc1C(=O)Nc1ccc(C(F)(F)F)cc1Cl. The minimum absolute atomic E-state index is 0.0988. The van der Waals surface area contributed by atoms with E-state index in [9.17, 15) is 26.4 Å². The second kappa shape index (κ2) is 8.56. The van der Waals surface area contributed by atoms with E-state index in [0.29, 0.717) is 6.07 Å². The molecule has 152 valence electrons. The van der Waals surface area contributed by atoms with Gasteiger partial charge in [-0.05, 0) is 43.3 Å². The Morgan fingerprint density at radius 3 is 2.32 bits per heavy atom. The standard InChI is InChI=1S/C16H13Cl2F3N2O4S/c1-2-27-28(25,26)23-13-6-4-10(17)8-11(13)15(24)22-14-5-3-9(7-12(14)18)16(19,20)21/h3-8,23H,2H2,1H3,(H,22,24). The highest BCUT2D eigenvalue weighted by Crippen LogP contribution is 2.34. The summed E-state index contributed by atoms with van der Waals surface area (Å²) < 4.78 is 68.3. The van der Waals surface area contributed by atoms with Crippen molar-refractivity contribution in [1.29, 1.82) is 0 Å². The number of anilines is 2. The monoisotopic (exact) mass is 456 g/mol. The molecule has 0 heterocycles.